The van der Waals surface area contributed by atoms with Crippen LogP contribution in [-0.2, 0) is 21.7 Å². The Labute approximate surface area is 113 Å². The maximum absolute atomic E-state index is 5.74. The van der Waals surface area contributed by atoms with Crippen LogP contribution in [0.2, 0.25) is 0 Å². The number of hydrogen-bond acceptors (Lipinski definition) is 2. The Kier molecular flexibility index (Phi) is 2.32. The van der Waals surface area contributed by atoms with Crippen LogP contribution >= 0.6 is 0 Å². The lowest BCUT2D eigenvalue weighted by atomic mass is 10.00. The van der Waals surface area contributed by atoms with Gasteiger partial charge in [0.15, 0.2) is 5.79 Å². The molecule has 0 radical (unpaired) electrons. The zero-order valence-electron chi connectivity index (χ0n) is 11.0. The van der Waals surface area contributed by atoms with Gasteiger partial charge in [-0.1, -0.05) is 36.4 Å². The molecule has 2 aliphatic rings. The van der Waals surface area contributed by atoms with Crippen molar-refractivity contribution in [3.05, 3.63) is 59.2 Å². The Hall–Kier alpha value is -1.64. The van der Waals surface area contributed by atoms with E-state index in [0.29, 0.717) is 13.2 Å². The number of benzene rings is 2. The summed E-state index contributed by atoms with van der Waals surface area (Å²) < 4.78 is 11.5. The largest absolute Gasteiger partial charge is 0.344 e. The van der Waals surface area contributed by atoms with E-state index >= 15 is 0 Å². The second-order valence-corrected chi connectivity index (χ2v) is 5.35. The minimum absolute atomic E-state index is 0.566. The van der Waals surface area contributed by atoms with E-state index in [2.05, 4.69) is 42.5 Å². The topological polar surface area (TPSA) is 18.5 Å². The number of fused-ring (bicyclic) bond motifs is 3. The summed E-state index contributed by atoms with van der Waals surface area (Å²) in [4.78, 5) is 0. The minimum Gasteiger partial charge on any atom is -0.344 e. The van der Waals surface area contributed by atoms with Crippen LogP contribution in [0, 0.1) is 0 Å². The highest BCUT2D eigenvalue weighted by atomic mass is 16.7. The van der Waals surface area contributed by atoms with Gasteiger partial charge in [-0.2, -0.15) is 0 Å². The van der Waals surface area contributed by atoms with Gasteiger partial charge in [0.2, 0.25) is 0 Å². The second-order valence-electron chi connectivity index (χ2n) is 5.35. The van der Waals surface area contributed by atoms with Crippen molar-refractivity contribution in [3.8, 4) is 11.1 Å². The first kappa shape index (κ1) is 11.2. The monoisotopic (exact) mass is 252 g/mol. The number of rotatable bonds is 1. The summed E-state index contributed by atoms with van der Waals surface area (Å²) in [6, 6.07) is 15.2. The molecule has 0 N–H and O–H groups in total. The van der Waals surface area contributed by atoms with Crippen LogP contribution in [0.5, 0.6) is 0 Å². The molecule has 96 valence electrons. The van der Waals surface area contributed by atoms with Crippen molar-refractivity contribution < 1.29 is 9.47 Å². The highest BCUT2D eigenvalue weighted by Crippen LogP contribution is 2.39. The van der Waals surface area contributed by atoms with Crippen LogP contribution in [-0.4, -0.2) is 13.2 Å². The molecule has 1 aliphatic carbocycles. The molecule has 1 heterocycles. The molecule has 19 heavy (non-hydrogen) atoms. The number of ether oxygens (including phenoxy) is 2. The van der Waals surface area contributed by atoms with E-state index in [1.807, 2.05) is 6.92 Å². The van der Waals surface area contributed by atoms with Crippen molar-refractivity contribution in [1.82, 2.24) is 0 Å². The Morgan fingerprint density at radius 2 is 1.63 bits per heavy atom. The predicted octanol–water partition coefficient (Wildman–Crippen LogP) is 3.48. The predicted molar refractivity (Wildman–Crippen MR) is 73.9 cm³/mol. The molecule has 1 fully saturated rings. The highest BCUT2D eigenvalue weighted by Gasteiger charge is 2.34. The minimum atomic E-state index is -0.566. The molecule has 2 heteroatoms. The summed E-state index contributed by atoms with van der Waals surface area (Å²) in [5, 5.41) is 0. The third kappa shape index (κ3) is 1.64. The fourth-order valence-electron chi connectivity index (χ4n) is 3.11. The fourth-order valence-corrected chi connectivity index (χ4v) is 3.11. The summed E-state index contributed by atoms with van der Waals surface area (Å²) in [6.07, 6.45) is 1.01. The summed E-state index contributed by atoms with van der Waals surface area (Å²) in [5.41, 5.74) is 6.62. The Bertz CT molecular complexity index is 639. The van der Waals surface area contributed by atoms with E-state index in [-0.39, 0.29) is 0 Å². The Morgan fingerprint density at radius 3 is 2.47 bits per heavy atom. The zero-order valence-corrected chi connectivity index (χ0v) is 11.0. The van der Waals surface area contributed by atoms with Crippen LogP contribution in [0.25, 0.3) is 11.1 Å². The molecule has 0 saturated carbocycles. The maximum Gasteiger partial charge on any atom is 0.192 e. The average Bonchev–Trinajstić information content (AvgIpc) is 3.02. The average molecular weight is 252 g/mol. The van der Waals surface area contributed by atoms with Crippen LogP contribution < -0.4 is 0 Å². The molecular formula is C17H16O2. The standard InChI is InChI=1S/C17H16O2/c1-17(18-8-9-19-17)14-6-7-16-13(11-14)10-12-4-2-3-5-15(12)16/h2-7,11H,8-10H2,1H3. The lowest BCUT2D eigenvalue weighted by Gasteiger charge is -2.23. The summed E-state index contributed by atoms with van der Waals surface area (Å²) in [5.74, 6) is -0.566. The van der Waals surface area contributed by atoms with E-state index in [4.69, 9.17) is 9.47 Å². The van der Waals surface area contributed by atoms with Gasteiger partial charge >= 0.3 is 0 Å². The van der Waals surface area contributed by atoms with Gasteiger partial charge in [-0.25, -0.2) is 0 Å². The SMILES string of the molecule is CC1(c2ccc3c(c2)Cc2ccccc2-3)OCCO1. The molecule has 0 spiro atoms. The fraction of sp³-hybridized carbons (Fsp3) is 0.294. The van der Waals surface area contributed by atoms with E-state index in [1.54, 1.807) is 0 Å². The molecule has 2 aromatic rings. The summed E-state index contributed by atoms with van der Waals surface area (Å²) in [7, 11) is 0. The van der Waals surface area contributed by atoms with E-state index in [1.165, 1.54) is 22.3 Å². The van der Waals surface area contributed by atoms with Gasteiger partial charge in [0.1, 0.15) is 0 Å². The van der Waals surface area contributed by atoms with Crippen molar-refractivity contribution in [2.45, 2.75) is 19.1 Å². The van der Waals surface area contributed by atoms with Crippen molar-refractivity contribution in [2.75, 3.05) is 13.2 Å². The van der Waals surface area contributed by atoms with Crippen LogP contribution in [0.4, 0.5) is 0 Å². The third-order valence-corrected chi connectivity index (χ3v) is 4.16. The van der Waals surface area contributed by atoms with Crippen molar-refractivity contribution in [2.24, 2.45) is 0 Å². The first-order valence-corrected chi connectivity index (χ1v) is 6.76. The lowest BCUT2D eigenvalue weighted by molar-refractivity contribution is -0.149. The van der Waals surface area contributed by atoms with Crippen LogP contribution in [0.15, 0.2) is 42.5 Å². The molecule has 4 rings (SSSR count). The van der Waals surface area contributed by atoms with Gasteiger partial charge in [-0.3, -0.25) is 0 Å². The molecular weight excluding hydrogens is 236 g/mol. The summed E-state index contributed by atoms with van der Waals surface area (Å²) in [6.45, 7) is 3.35. The third-order valence-electron chi connectivity index (χ3n) is 4.16. The van der Waals surface area contributed by atoms with Gasteiger partial charge in [0.25, 0.3) is 0 Å². The van der Waals surface area contributed by atoms with Crippen molar-refractivity contribution in [1.29, 1.82) is 0 Å². The Morgan fingerprint density at radius 1 is 0.895 bits per heavy atom. The molecule has 1 aliphatic heterocycles. The van der Waals surface area contributed by atoms with Gasteiger partial charge in [-0.15, -0.1) is 0 Å². The van der Waals surface area contributed by atoms with Gasteiger partial charge in [0, 0.05) is 5.56 Å². The molecule has 0 unspecified atom stereocenters. The van der Waals surface area contributed by atoms with E-state index in [0.717, 1.165) is 12.0 Å². The van der Waals surface area contributed by atoms with Gasteiger partial charge < -0.3 is 9.47 Å². The van der Waals surface area contributed by atoms with Crippen LogP contribution in [0.1, 0.15) is 23.6 Å². The lowest BCUT2D eigenvalue weighted by Crippen LogP contribution is -2.22. The molecule has 0 aromatic heterocycles. The number of hydrogen-bond donors (Lipinski definition) is 0. The molecule has 0 atom stereocenters. The van der Waals surface area contributed by atoms with E-state index < -0.39 is 5.79 Å². The molecule has 0 bridgehead atoms. The normalized spacial score (nSPS) is 19.2. The highest BCUT2D eigenvalue weighted by molar-refractivity contribution is 5.77. The van der Waals surface area contributed by atoms with Crippen LogP contribution in [0.3, 0.4) is 0 Å². The molecule has 1 saturated heterocycles. The van der Waals surface area contributed by atoms with E-state index in [9.17, 15) is 0 Å². The second kappa shape index (κ2) is 3.92. The van der Waals surface area contributed by atoms with Crippen molar-refractivity contribution >= 4 is 0 Å². The Balaban J connectivity index is 1.79. The maximum atomic E-state index is 5.74. The quantitative estimate of drug-likeness (QED) is 0.660. The van der Waals surface area contributed by atoms with Crippen molar-refractivity contribution in [3.63, 3.8) is 0 Å². The summed E-state index contributed by atoms with van der Waals surface area (Å²) >= 11 is 0. The van der Waals surface area contributed by atoms with Gasteiger partial charge in [0.05, 0.1) is 13.2 Å². The first-order chi connectivity index (χ1) is 9.26. The molecule has 2 aromatic carbocycles. The molecule has 0 amide bonds. The first-order valence-electron chi connectivity index (χ1n) is 6.76. The zero-order chi connectivity index (χ0) is 12.9. The molecule has 2 nitrogen and oxygen atoms in total. The van der Waals surface area contributed by atoms with Gasteiger partial charge in [-0.05, 0) is 41.7 Å². The smallest absolute Gasteiger partial charge is 0.192 e.